The Labute approximate surface area is 181 Å². The average Bonchev–Trinajstić information content (AvgIpc) is 3.04. The maximum atomic E-state index is 13.1. The molecule has 2 aromatic carbocycles. The Morgan fingerprint density at radius 3 is 2.58 bits per heavy atom. The molecule has 0 aliphatic rings. The number of carbonyl (C=O) groups is 1. The van der Waals surface area contributed by atoms with Crippen LogP contribution >= 0.6 is 0 Å². The van der Waals surface area contributed by atoms with Crippen LogP contribution in [0.25, 0.3) is 11.1 Å². The van der Waals surface area contributed by atoms with Gasteiger partial charge in [0.05, 0.1) is 10.4 Å². The van der Waals surface area contributed by atoms with Crippen LogP contribution in [0.2, 0.25) is 0 Å². The fraction of sp³-hybridized carbons (Fsp3) is 0.364. The van der Waals surface area contributed by atoms with Crippen LogP contribution in [-0.2, 0) is 28.3 Å². The fourth-order valence-corrected chi connectivity index (χ4v) is 4.54. The number of carbonyl (C=O) groups excluding carboxylic acids is 1. The minimum absolute atomic E-state index is 0.0728. The number of oxazole rings is 1. The lowest BCUT2D eigenvalue weighted by molar-refractivity contribution is -0.131. The molecular weight excluding hydrogens is 418 g/mol. The molecule has 1 N–H and O–H groups in total. The number of aryl methyl sites for hydroxylation is 1. The highest BCUT2D eigenvalue weighted by Crippen LogP contribution is 2.19. The lowest BCUT2D eigenvalue weighted by atomic mass is 10.1. The Hall–Kier alpha value is -2.91. The van der Waals surface area contributed by atoms with E-state index in [1.807, 2.05) is 37.3 Å². The van der Waals surface area contributed by atoms with Gasteiger partial charge in [-0.2, -0.15) is 4.72 Å². The number of nitrogens with zero attached hydrogens (tertiary/aromatic N) is 2. The van der Waals surface area contributed by atoms with Gasteiger partial charge in [0.1, 0.15) is 6.04 Å². The van der Waals surface area contributed by atoms with E-state index in [-0.39, 0.29) is 22.8 Å². The van der Waals surface area contributed by atoms with Gasteiger partial charge in [-0.3, -0.25) is 9.36 Å². The Morgan fingerprint density at radius 1 is 1.19 bits per heavy atom. The van der Waals surface area contributed by atoms with Gasteiger partial charge in [0.2, 0.25) is 15.9 Å². The van der Waals surface area contributed by atoms with E-state index in [1.54, 1.807) is 19.0 Å². The van der Waals surface area contributed by atoms with Gasteiger partial charge in [0.25, 0.3) is 0 Å². The average molecular weight is 446 g/mol. The number of fused-ring (bicyclic) bond motifs is 1. The summed E-state index contributed by atoms with van der Waals surface area (Å²) in [6.07, 6.45) is 1.98. The van der Waals surface area contributed by atoms with Crippen molar-refractivity contribution in [2.45, 2.75) is 37.1 Å². The molecule has 1 amide bonds. The third-order valence-electron chi connectivity index (χ3n) is 5.18. The van der Waals surface area contributed by atoms with Crippen molar-refractivity contribution in [1.82, 2.24) is 14.2 Å². The van der Waals surface area contributed by atoms with Crippen molar-refractivity contribution in [3.8, 4) is 0 Å². The largest absolute Gasteiger partial charge is 0.419 e. The van der Waals surface area contributed by atoms with Gasteiger partial charge in [0, 0.05) is 26.7 Å². The molecule has 0 saturated heterocycles. The molecule has 8 nitrogen and oxygen atoms in total. The maximum Gasteiger partial charge on any atom is 0.419 e. The second-order valence-corrected chi connectivity index (χ2v) is 9.25. The van der Waals surface area contributed by atoms with Gasteiger partial charge >= 0.3 is 5.76 Å². The van der Waals surface area contributed by atoms with E-state index >= 15 is 0 Å². The van der Waals surface area contributed by atoms with Crippen LogP contribution in [0, 0.1) is 0 Å². The highest BCUT2D eigenvalue weighted by Gasteiger charge is 2.28. The van der Waals surface area contributed by atoms with Gasteiger partial charge in [-0.1, -0.05) is 43.7 Å². The Balaban J connectivity index is 1.91. The predicted molar refractivity (Wildman–Crippen MR) is 118 cm³/mol. The molecule has 1 aromatic heterocycles. The van der Waals surface area contributed by atoms with Gasteiger partial charge in [-0.25, -0.2) is 13.2 Å². The highest BCUT2D eigenvalue weighted by atomic mass is 32.2. The van der Waals surface area contributed by atoms with Gasteiger partial charge < -0.3 is 9.32 Å². The van der Waals surface area contributed by atoms with E-state index < -0.39 is 21.8 Å². The van der Waals surface area contributed by atoms with Crippen LogP contribution in [0.3, 0.4) is 0 Å². The number of unbranched alkanes of at least 4 members (excludes halogenated alkanes) is 1. The Morgan fingerprint density at radius 2 is 1.90 bits per heavy atom. The molecule has 0 spiro atoms. The molecule has 1 heterocycles. The predicted octanol–water partition coefficient (Wildman–Crippen LogP) is 2.28. The number of hydrogen-bond donors (Lipinski definition) is 1. The molecule has 0 saturated carbocycles. The highest BCUT2D eigenvalue weighted by molar-refractivity contribution is 7.89. The van der Waals surface area contributed by atoms with E-state index in [0.717, 1.165) is 18.4 Å². The number of benzene rings is 2. The van der Waals surface area contributed by atoms with E-state index in [2.05, 4.69) is 4.72 Å². The summed E-state index contributed by atoms with van der Waals surface area (Å²) >= 11 is 0. The van der Waals surface area contributed by atoms with Gasteiger partial charge in [0.15, 0.2) is 5.58 Å². The zero-order chi connectivity index (χ0) is 22.6. The number of nitrogens with one attached hydrogen (secondary N) is 1. The topological polar surface area (TPSA) is 102 Å². The van der Waals surface area contributed by atoms with E-state index in [4.69, 9.17) is 4.42 Å². The third kappa shape index (κ3) is 5.23. The lowest BCUT2D eigenvalue weighted by Crippen LogP contribution is -2.48. The van der Waals surface area contributed by atoms with Crippen LogP contribution in [-0.4, -0.2) is 43.4 Å². The molecule has 166 valence electrons. The van der Waals surface area contributed by atoms with Crippen LogP contribution in [0.1, 0.15) is 25.3 Å². The normalized spacial score (nSPS) is 12.7. The molecule has 1 unspecified atom stereocenters. The molecule has 9 heteroatoms. The molecule has 0 bridgehead atoms. The van der Waals surface area contributed by atoms with Crippen LogP contribution < -0.4 is 10.5 Å². The zero-order valence-corrected chi connectivity index (χ0v) is 18.7. The Bertz CT molecular complexity index is 1210. The van der Waals surface area contributed by atoms with Gasteiger partial charge in [-0.05, 0) is 30.5 Å². The minimum atomic E-state index is -4.04. The first kappa shape index (κ1) is 22.8. The number of rotatable bonds is 9. The number of hydrogen-bond acceptors (Lipinski definition) is 5. The lowest BCUT2D eigenvalue weighted by Gasteiger charge is -2.24. The summed E-state index contributed by atoms with van der Waals surface area (Å²) in [5.41, 5.74) is 1.50. The first-order valence-corrected chi connectivity index (χ1v) is 11.6. The van der Waals surface area contributed by atoms with Crippen molar-refractivity contribution < 1.29 is 17.6 Å². The second kappa shape index (κ2) is 9.49. The van der Waals surface area contributed by atoms with Crippen molar-refractivity contribution >= 4 is 27.0 Å². The van der Waals surface area contributed by atoms with Crippen molar-refractivity contribution in [3.05, 3.63) is 64.6 Å². The summed E-state index contributed by atoms with van der Waals surface area (Å²) in [6, 6.07) is 12.5. The summed E-state index contributed by atoms with van der Waals surface area (Å²) in [5.74, 6) is -0.875. The maximum absolute atomic E-state index is 13.1. The number of sulfonamides is 1. The van der Waals surface area contributed by atoms with Crippen LogP contribution in [0.4, 0.5) is 0 Å². The molecule has 3 rings (SSSR count). The molecule has 3 aromatic rings. The summed E-state index contributed by atoms with van der Waals surface area (Å²) in [6.45, 7) is 2.57. The summed E-state index contributed by atoms with van der Waals surface area (Å²) in [4.78, 5) is 26.3. The Kier molecular flexibility index (Phi) is 6.97. The van der Waals surface area contributed by atoms with Crippen molar-refractivity contribution in [2.75, 3.05) is 13.6 Å². The minimum Gasteiger partial charge on any atom is -0.408 e. The van der Waals surface area contributed by atoms with Crippen molar-refractivity contribution in [1.29, 1.82) is 0 Å². The van der Waals surface area contributed by atoms with Crippen LogP contribution in [0.5, 0.6) is 0 Å². The number of likely N-dealkylation sites (N-methyl/N-ethyl adjacent to an activating group) is 1. The van der Waals surface area contributed by atoms with E-state index in [0.29, 0.717) is 12.1 Å². The number of amides is 1. The molecule has 0 aliphatic heterocycles. The van der Waals surface area contributed by atoms with E-state index in [9.17, 15) is 18.0 Å². The summed E-state index contributed by atoms with van der Waals surface area (Å²) in [5, 5.41) is 0. The first-order valence-electron chi connectivity index (χ1n) is 10.1. The molecule has 0 radical (unpaired) electrons. The SMILES string of the molecule is CCCCN(C)C(=O)C(Cc1ccccc1)NS(=O)(=O)c1ccc2c(c1)oc(=O)n2C. The molecule has 1 atom stereocenters. The number of aromatic nitrogens is 1. The quantitative estimate of drug-likeness (QED) is 0.544. The second-order valence-electron chi connectivity index (χ2n) is 7.53. The van der Waals surface area contributed by atoms with Crippen molar-refractivity contribution in [3.63, 3.8) is 0 Å². The van der Waals surface area contributed by atoms with Gasteiger partial charge in [-0.15, -0.1) is 0 Å². The summed E-state index contributed by atoms with van der Waals surface area (Å²) < 4.78 is 35.2. The molecule has 0 fully saturated rings. The first-order chi connectivity index (χ1) is 14.7. The smallest absolute Gasteiger partial charge is 0.408 e. The van der Waals surface area contributed by atoms with Crippen molar-refractivity contribution in [2.24, 2.45) is 7.05 Å². The standard InChI is InChI=1S/C22H27N3O5S/c1-4-5-13-24(2)21(26)18(14-16-9-7-6-8-10-16)23-31(28,29)17-11-12-19-20(15-17)30-22(27)25(19)3/h6-12,15,18,23H,4-5,13-14H2,1-3H3. The van der Waals surface area contributed by atoms with E-state index in [1.165, 1.54) is 22.8 Å². The summed E-state index contributed by atoms with van der Waals surface area (Å²) in [7, 11) is -0.824. The van der Waals surface area contributed by atoms with Crippen LogP contribution in [0.15, 0.2) is 62.6 Å². The molecule has 31 heavy (non-hydrogen) atoms. The third-order valence-corrected chi connectivity index (χ3v) is 6.64. The molecular formula is C22H27N3O5S. The fourth-order valence-electron chi connectivity index (χ4n) is 3.34. The molecule has 0 aliphatic carbocycles. The zero-order valence-electron chi connectivity index (χ0n) is 17.9. The monoisotopic (exact) mass is 445 g/mol.